The summed E-state index contributed by atoms with van der Waals surface area (Å²) in [5.74, 6) is 0.218. The molecule has 2 fully saturated rings. The van der Waals surface area contributed by atoms with Gasteiger partial charge in [0.2, 0.25) is 0 Å². The van der Waals surface area contributed by atoms with Crippen LogP contribution in [0.5, 0.6) is 5.75 Å². The Hall–Kier alpha value is -3.82. The van der Waals surface area contributed by atoms with Gasteiger partial charge in [-0.25, -0.2) is 9.59 Å². The van der Waals surface area contributed by atoms with Gasteiger partial charge >= 0.3 is 12.1 Å². The van der Waals surface area contributed by atoms with Crippen LogP contribution in [0.25, 0.3) is 11.0 Å². The summed E-state index contributed by atoms with van der Waals surface area (Å²) in [5.41, 5.74) is 0.587. The van der Waals surface area contributed by atoms with Crippen LogP contribution in [0, 0.1) is 5.92 Å². The van der Waals surface area contributed by atoms with Crippen molar-refractivity contribution in [1.82, 2.24) is 20.1 Å². The molecule has 0 bridgehead atoms. The molecule has 0 radical (unpaired) electrons. The summed E-state index contributed by atoms with van der Waals surface area (Å²) >= 11 is 0. The van der Waals surface area contributed by atoms with E-state index in [1.54, 1.807) is 4.90 Å². The third kappa shape index (κ3) is 5.39. The van der Waals surface area contributed by atoms with E-state index in [1.807, 2.05) is 69.3 Å². The molecule has 3 aromatic rings. The molecule has 1 amide bonds. The Balaban J connectivity index is 1.31. The lowest BCUT2D eigenvalue weighted by atomic mass is 9.83. The highest BCUT2D eigenvalue weighted by molar-refractivity contribution is 5.87. The second-order valence-electron chi connectivity index (χ2n) is 10.9. The molecular weight excluding hydrogens is 488 g/mol. The summed E-state index contributed by atoms with van der Waals surface area (Å²) in [7, 11) is 1.38. The second kappa shape index (κ2) is 10.2. The molecular formula is C28H34N4O6. The Kier molecular flexibility index (Phi) is 6.90. The molecule has 1 aromatic heterocycles. The number of nitrogens with zero attached hydrogens (tertiary/aromatic N) is 4. The quantitative estimate of drug-likeness (QED) is 0.289. The molecule has 0 aliphatic heterocycles. The molecule has 0 spiro atoms. The zero-order valence-electron chi connectivity index (χ0n) is 22.3. The van der Waals surface area contributed by atoms with E-state index in [0.29, 0.717) is 12.2 Å². The molecule has 2 aliphatic carbocycles. The van der Waals surface area contributed by atoms with E-state index in [-0.39, 0.29) is 18.8 Å². The number of carbonyl (C=O) groups is 2. The highest BCUT2D eigenvalue weighted by Gasteiger charge is 2.61. The average molecular weight is 523 g/mol. The number of carbonyl (C=O) groups excluding carboxylic acids is 2. The number of amides is 1. The summed E-state index contributed by atoms with van der Waals surface area (Å²) in [4.78, 5) is 35.5. The maximum atomic E-state index is 13.5. The third-order valence-electron chi connectivity index (χ3n) is 6.84. The van der Waals surface area contributed by atoms with Crippen molar-refractivity contribution < 1.29 is 28.6 Å². The van der Waals surface area contributed by atoms with E-state index < -0.39 is 23.2 Å². The van der Waals surface area contributed by atoms with Gasteiger partial charge in [-0.05, 0) is 87.4 Å². The number of hydrogen-bond donors (Lipinski definition) is 0. The first-order chi connectivity index (χ1) is 18.2. The van der Waals surface area contributed by atoms with Crippen molar-refractivity contribution in [3.8, 4) is 5.75 Å². The van der Waals surface area contributed by atoms with Crippen LogP contribution in [-0.2, 0) is 20.7 Å². The molecule has 0 N–H and O–H groups in total. The fourth-order valence-corrected chi connectivity index (χ4v) is 4.88. The van der Waals surface area contributed by atoms with Crippen LogP contribution in [0.15, 0.2) is 48.5 Å². The molecule has 1 atom stereocenters. The van der Waals surface area contributed by atoms with Crippen LogP contribution < -0.4 is 9.57 Å². The van der Waals surface area contributed by atoms with E-state index in [4.69, 9.17) is 19.0 Å². The minimum Gasteiger partial charge on any atom is -0.467 e. The Labute approximate surface area is 221 Å². The standard InChI is InChI=1S/C28H34N4O6/c1-27(2,3)38-26(34)31(21-13-14-21)28(20-11-12-20,25(33)35-4)17-19-9-15-22(16-10-19)36-18-37-32-24-8-6-5-7-23(24)29-30-32/h5-10,15-16,20-21H,11-14,17-18H2,1-4H3/t28-/m1/s1. The zero-order valence-corrected chi connectivity index (χ0v) is 22.3. The molecule has 38 heavy (non-hydrogen) atoms. The molecule has 2 aromatic carbocycles. The van der Waals surface area contributed by atoms with Crippen LogP contribution in [-0.4, -0.2) is 63.2 Å². The van der Waals surface area contributed by atoms with Gasteiger partial charge in [0.15, 0.2) is 5.54 Å². The molecule has 0 unspecified atom stereocenters. The van der Waals surface area contributed by atoms with Crippen LogP contribution in [0.3, 0.4) is 0 Å². The molecule has 1 heterocycles. The lowest BCUT2D eigenvalue weighted by Crippen LogP contribution is -2.62. The lowest BCUT2D eigenvalue weighted by Gasteiger charge is -2.42. The van der Waals surface area contributed by atoms with Crippen LogP contribution in [0.1, 0.15) is 52.0 Å². The lowest BCUT2D eigenvalue weighted by molar-refractivity contribution is -0.157. The predicted molar refractivity (Wildman–Crippen MR) is 138 cm³/mol. The molecule has 10 nitrogen and oxygen atoms in total. The van der Waals surface area contributed by atoms with E-state index in [2.05, 4.69) is 10.3 Å². The molecule has 10 heteroatoms. The van der Waals surface area contributed by atoms with E-state index >= 15 is 0 Å². The minimum absolute atomic E-state index is 0.0184. The molecule has 2 aliphatic rings. The number of fused-ring (bicyclic) bond motifs is 1. The number of benzene rings is 2. The van der Waals surface area contributed by atoms with Crippen molar-refractivity contribution >= 4 is 23.1 Å². The van der Waals surface area contributed by atoms with Gasteiger partial charge in [-0.1, -0.05) is 29.1 Å². The van der Waals surface area contributed by atoms with Crippen LogP contribution in [0.2, 0.25) is 0 Å². The van der Waals surface area contributed by atoms with Crippen molar-refractivity contribution in [2.75, 3.05) is 13.9 Å². The van der Waals surface area contributed by atoms with Crippen LogP contribution in [0.4, 0.5) is 4.79 Å². The van der Waals surface area contributed by atoms with Gasteiger partial charge in [0.05, 0.1) is 7.11 Å². The number of rotatable bonds is 10. The largest absolute Gasteiger partial charge is 0.467 e. The smallest absolute Gasteiger partial charge is 0.411 e. The molecule has 202 valence electrons. The number of aromatic nitrogens is 3. The van der Waals surface area contributed by atoms with Crippen molar-refractivity contribution in [1.29, 1.82) is 0 Å². The summed E-state index contributed by atoms with van der Waals surface area (Å²) in [6.07, 6.45) is 3.28. The Morgan fingerprint density at radius 3 is 2.37 bits per heavy atom. The van der Waals surface area contributed by atoms with E-state index in [0.717, 1.165) is 42.3 Å². The van der Waals surface area contributed by atoms with Gasteiger partial charge in [0.25, 0.3) is 6.79 Å². The van der Waals surface area contributed by atoms with Crippen molar-refractivity contribution in [3.63, 3.8) is 0 Å². The zero-order chi connectivity index (χ0) is 26.9. The first-order valence-electron chi connectivity index (χ1n) is 13.0. The molecule has 0 saturated heterocycles. The highest BCUT2D eigenvalue weighted by atomic mass is 16.8. The number of para-hydroxylation sites is 1. The van der Waals surface area contributed by atoms with E-state index in [1.165, 1.54) is 12.0 Å². The topological polar surface area (TPSA) is 105 Å². The fourth-order valence-electron chi connectivity index (χ4n) is 4.88. The Bertz CT molecular complexity index is 1290. The normalized spacial score (nSPS) is 16.9. The maximum absolute atomic E-state index is 13.5. The highest BCUT2D eigenvalue weighted by Crippen LogP contribution is 2.50. The first-order valence-corrected chi connectivity index (χ1v) is 13.0. The van der Waals surface area contributed by atoms with Crippen molar-refractivity contribution in [2.45, 2.75) is 70.1 Å². The Morgan fingerprint density at radius 1 is 1.03 bits per heavy atom. The Morgan fingerprint density at radius 2 is 1.74 bits per heavy atom. The van der Waals surface area contributed by atoms with E-state index in [9.17, 15) is 9.59 Å². The summed E-state index contributed by atoms with van der Waals surface area (Å²) in [6, 6.07) is 14.9. The molecule has 2 saturated carbocycles. The number of esters is 1. The second-order valence-corrected chi connectivity index (χ2v) is 10.9. The minimum atomic E-state index is -1.11. The first kappa shape index (κ1) is 25.8. The van der Waals surface area contributed by atoms with Crippen molar-refractivity contribution in [2.24, 2.45) is 5.92 Å². The summed E-state index contributed by atoms with van der Waals surface area (Å²) < 4.78 is 16.8. The number of hydrogen-bond acceptors (Lipinski definition) is 8. The van der Waals surface area contributed by atoms with Gasteiger partial charge in [0.1, 0.15) is 22.4 Å². The van der Waals surface area contributed by atoms with Gasteiger partial charge in [-0.15, -0.1) is 5.10 Å². The van der Waals surface area contributed by atoms with Gasteiger partial charge in [0, 0.05) is 12.5 Å². The van der Waals surface area contributed by atoms with Crippen LogP contribution >= 0.6 is 0 Å². The van der Waals surface area contributed by atoms with Gasteiger partial charge < -0.3 is 19.0 Å². The number of methoxy groups -OCH3 is 1. The van der Waals surface area contributed by atoms with Gasteiger partial charge in [-0.2, -0.15) is 0 Å². The predicted octanol–water partition coefficient (Wildman–Crippen LogP) is 4.16. The third-order valence-corrected chi connectivity index (χ3v) is 6.84. The fraction of sp³-hybridized carbons (Fsp3) is 0.500. The average Bonchev–Trinajstić information content (AvgIpc) is 3.82. The summed E-state index contributed by atoms with van der Waals surface area (Å²) in [6.45, 7) is 5.44. The molecule has 5 rings (SSSR count). The monoisotopic (exact) mass is 522 g/mol. The SMILES string of the molecule is COC(=O)[C@@](Cc1ccc(OCOn2nnc3ccccc32)cc1)(C1CC1)N(C(=O)OC(C)(C)C)C1CC1. The summed E-state index contributed by atoms with van der Waals surface area (Å²) in [5, 5.41) is 8.03. The van der Waals surface area contributed by atoms with Gasteiger partial charge in [-0.3, -0.25) is 4.90 Å². The maximum Gasteiger partial charge on any atom is 0.411 e. The van der Waals surface area contributed by atoms with Crippen molar-refractivity contribution in [3.05, 3.63) is 54.1 Å². The number of ether oxygens (including phenoxy) is 3.